The van der Waals surface area contributed by atoms with E-state index in [1.807, 2.05) is 0 Å². The number of fused-ring (bicyclic) bond motifs is 1. The van der Waals surface area contributed by atoms with Gasteiger partial charge in [-0.25, -0.2) is 0 Å². The summed E-state index contributed by atoms with van der Waals surface area (Å²) in [4.78, 5) is 0. The first kappa shape index (κ1) is 9.76. The molecule has 0 aliphatic heterocycles. The van der Waals surface area contributed by atoms with E-state index in [-0.39, 0.29) is 0 Å². The van der Waals surface area contributed by atoms with Crippen LogP contribution in [0.2, 0.25) is 0 Å². The van der Waals surface area contributed by atoms with Gasteiger partial charge in [0.25, 0.3) is 0 Å². The summed E-state index contributed by atoms with van der Waals surface area (Å²) in [6, 6.07) is 0. The maximum atomic E-state index is 4.10. The molecular weight excluding hydrogens is 168 g/mol. The van der Waals surface area contributed by atoms with Gasteiger partial charge in [0.15, 0.2) is 0 Å². The van der Waals surface area contributed by atoms with Gasteiger partial charge in [-0.2, -0.15) is 0 Å². The van der Waals surface area contributed by atoms with Crippen molar-refractivity contribution >= 4 is 0 Å². The molecule has 0 N–H and O–H groups in total. The van der Waals surface area contributed by atoms with Gasteiger partial charge in [-0.05, 0) is 63.0 Å². The van der Waals surface area contributed by atoms with Crippen LogP contribution in [0.25, 0.3) is 0 Å². The zero-order chi connectivity index (χ0) is 10.1. The van der Waals surface area contributed by atoms with Crippen molar-refractivity contribution in [2.24, 2.45) is 5.92 Å². The minimum Gasteiger partial charge on any atom is -0.0998 e. The van der Waals surface area contributed by atoms with Crippen LogP contribution >= 0.6 is 0 Å². The lowest BCUT2D eigenvalue weighted by molar-refractivity contribution is 0.514. The molecule has 2 rings (SSSR count). The highest BCUT2D eigenvalue weighted by molar-refractivity contribution is 5.40. The van der Waals surface area contributed by atoms with Crippen molar-refractivity contribution < 1.29 is 0 Å². The zero-order valence-electron chi connectivity index (χ0n) is 9.40. The van der Waals surface area contributed by atoms with Gasteiger partial charge in [0, 0.05) is 0 Å². The highest BCUT2D eigenvalue weighted by Gasteiger charge is 2.23. The fourth-order valence-corrected chi connectivity index (χ4v) is 2.67. The third-order valence-corrected chi connectivity index (χ3v) is 3.72. The van der Waals surface area contributed by atoms with Crippen LogP contribution in [-0.4, -0.2) is 0 Å². The Morgan fingerprint density at radius 2 is 2.21 bits per heavy atom. The summed E-state index contributed by atoms with van der Waals surface area (Å²) in [5.41, 5.74) is 6.31. The van der Waals surface area contributed by atoms with Gasteiger partial charge in [0.05, 0.1) is 0 Å². The smallest absolute Gasteiger partial charge is 0.0165 e. The maximum absolute atomic E-state index is 4.10. The molecule has 0 spiro atoms. The predicted octanol–water partition coefficient (Wildman–Crippen LogP) is 4.40. The number of rotatable bonds is 1. The predicted molar refractivity (Wildman–Crippen MR) is 62.2 cm³/mol. The van der Waals surface area contributed by atoms with E-state index < -0.39 is 0 Å². The molecule has 1 fully saturated rings. The third-order valence-electron chi connectivity index (χ3n) is 3.72. The third kappa shape index (κ3) is 1.70. The minimum absolute atomic E-state index is 0.746. The summed E-state index contributed by atoms with van der Waals surface area (Å²) >= 11 is 0. The summed E-state index contributed by atoms with van der Waals surface area (Å²) in [6.45, 7) is 8.59. The van der Waals surface area contributed by atoms with Gasteiger partial charge >= 0.3 is 0 Å². The Labute approximate surface area is 87.4 Å². The van der Waals surface area contributed by atoms with Gasteiger partial charge in [0.2, 0.25) is 0 Å². The monoisotopic (exact) mass is 188 g/mol. The average molecular weight is 188 g/mol. The summed E-state index contributed by atoms with van der Waals surface area (Å²) in [5, 5.41) is 0. The number of hydrogen-bond acceptors (Lipinski definition) is 0. The fourth-order valence-electron chi connectivity index (χ4n) is 2.67. The topological polar surface area (TPSA) is 0 Å². The Bertz CT molecular complexity index is 315. The SMILES string of the molecule is C=C(C)[C@H]1CCC2=CCCC(C)=C2C1. The lowest BCUT2D eigenvalue weighted by Crippen LogP contribution is -2.14. The molecule has 2 aliphatic carbocycles. The average Bonchev–Trinajstić information content (AvgIpc) is 2.18. The van der Waals surface area contributed by atoms with E-state index in [2.05, 4.69) is 26.5 Å². The minimum atomic E-state index is 0.746. The number of allylic oxidation sites excluding steroid dienone is 5. The van der Waals surface area contributed by atoms with Crippen LogP contribution in [0.4, 0.5) is 0 Å². The Kier molecular flexibility index (Phi) is 2.62. The molecule has 2 aliphatic rings. The normalized spacial score (nSPS) is 27.0. The highest BCUT2D eigenvalue weighted by atomic mass is 14.3. The van der Waals surface area contributed by atoms with E-state index in [9.17, 15) is 0 Å². The molecule has 0 aromatic carbocycles. The first-order valence-corrected chi connectivity index (χ1v) is 5.72. The van der Waals surface area contributed by atoms with E-state index in [1.54, 1.807) is 16.7 Å². The van der Waals surface area contributed by atoms with Gasteiger partial charge < -0.3 is 0 Å². The molecule has 0 aromatic rings. The summed E-state index contributed by atoms with van der Waals surface area (Å²) in [6.07, 6.45) is 8.86. The van der Waals surface area contributed by atoms with Crippen LogP contribution < -0.4 is 0 Å². The van der Waals surface area contributed by atoms with Gasteiger partial charge in [-0.15, -0.1) is 0 Å². The van der Waals surface area contributed by atoms with Crippen LogP contribution in [-0.2, 0) is 0 Å². The Morgan fingerprint density at radius 1 is 1.43 bits per heavy atom. The Balaban J connectivity index is 2.21. The molecule has 14 heavy (non-hydrogen) atoms. The van der Waals surface area contributed by atoms with Crippen LogP contribution in [0.15, 0.2) is 34.9 Å². The molecule has 0 aromatic heterocycles. The fraction of sp³-hybridized carbons (Fsp3) is 0.571. The molecule has 0 unspecified atom stereocenters. The second-order valence-electron chi connectivity index (χ2n) is 4.81. The number of hydrogen-bond donors (Lipinski definition) is 0. The van der Waals surface area contributed by atoms with Crippen LogP contribution in [0.5, 0.6) is 0 Å². The van der Waals surface area contributed by atoms with Crippen molar-refractivity contribution in [1.29, 1.82) is 0 Å². The van der Waals surface area contributed by atoms with E-state index in [4.69, 9.17) is 0 Å². The van der Waals surface area contributed by atoms with Crippen LogP contribution in [0, 0.1) is 5.92 Å². The molecule has 1 atom stereocenters. The molecule has 0 radical (unpaired) electrons. The van der Waals surface area contributed by atoms with Crippen molar-refractivity contribution in [2.45, 2.75) is 46.0 Å². The first-order valence-electron chi connectivity index (χ1n) is 5.72. The summed E-state index contributed by atoms with van der Waals surface area (Å²) < 4.78 is 0. The lowest BCUT2D eigenvalue weighted by atomic mass is 9.75. The largest absolute Gasteiger partial charge is 0.0998 e. The first-order chi connectivity index (χ1) is 6.68. The molecule has 0 heterocycles. The van der Waals surface area contributed by atoms with E-state index in [1.165, 1.54) is 37.7 Å². The van der Waals surface area contributed by atoms with Crippen molar-refractivity contribution in [3.05, 3.63) is 34.9 Å². The van der Waals surface area contributed by atoms with Gasteiger partial charge in [-0.3, -0.25) is 0 Å². The maximum Gasteiger partial charge on any atom is -0.0165 e. The van der Waals surface area contributed by atoms with Crippen molar-refractivity contribution in [2.75, 3.05) is 0 Å². The molecule has 0 heteroatoms. The van der Waals surface area contributed by atoms with Crippen molar-refractivity contribution in [3.63, 3.8) is 0 Å². The second-order valence-corrected chi connectivity index (χ2v) is 4.81. The molecule has 0 saturated heterocycles. The summed E-state index contributed by atoms with van der Waals surface area (Å²) in [7, 11) is 0. The van der Waals surface area contributed by atoms with Crippen LogP contribution in [0.1, 0.15) is 46.0 Å². The van der Waals surface area contributed by atoms with Crippen molar-refractivity contribution in [3.8, 4) is 0 Å². The molecule has 76 valence electrons. The Morgan fingerprint density at radius 3 is 2.93 bits per heavy atom. The lowest BCUT2D eigenvalue weighted by Gasteiger charge is -2.30. The second kappa shape index (κ2) is 3.76. The summed E-state index contributed by atoms with van der Waals surface area (Å²) in [5.74, 6) is 0.746. The molecule has 0 nitrogen and oxygen atoms in total. The zero-order valence-corrected chi connectivity index (χ0v) is 9.40. The van der Waals surface area contributed by atoms with Crippen molar-refractivity contribution in [1.82, 2.24) is 0 Å². The molecule has 0 amide bonds. The van der Waals surface area contributed by atoms with E-state index in [0.29, 0.717) is 0 Å². The highest BCUT2D eigenvalue weighted by Crippen LogP contribution is 2.40. The quantitative estimate of drug-likeness (QED) is 0.535. The van der Waals surface area contributed by atoms with Gasteiger partial charge in [0.1, 0.15) is 0 Å². The van der Waals surface area contributed by atoms with E-state index in [0.717, 1.165) is 5.92 Å². The van der Waals surface area contributed by atoms with E-state index >= 15 is 0 Å². The standard InChI is InChI=1S/C14H20/c1-10(2)13-8-7-12-6-4-5-11(3)14(12)9-13/h6,13H,1,4-5,7-9H2,2-3H3/t13-/m0/s1. The van der Waals surface area contributed by atoms with Gasteiger partial charge in [-0.1, -0.05) is 23.8 Å². The molecular formula is C14H20. The molecule has 1 saturated carbocycles. The van der Waals surface area contributed by atoms with Crippen LogP contribution in [0.3, 0.4) is 0 Å². The Hall–Kier alpha value is -0.780. The molecule has 0 bridgehead atoms.